The van der Waals surface area contributed by atoms with E-state index >= 15 is 0 Å². The summed E-state index contributed by atoms with van der Waals surface area (Å²) in [6.45, 7) is 2.06. The van der Waals surface area contributed by atoms with Crippen LogP contribution in [0.3, 0.4) is 0 Å². The van der Waals surface area contributed by atoms with Crippen molar-refractivity contribution < 1.29 is 5.11 Å². The van der Waals surface area contributed by atoms with Gasteiger partial charge in [0.15, 0.2) is 4.96 Å². The Morgan fingerprint density at radius 2 is 2.45 bits per heavy atom. The Labute approximate surface area is 67.9 Å². The van der Waals surface area contributed by atoms with Crippen LogP contribution < -0.4 is 0 Å². The summed E-state index contributed by atoms with van der Waals surface area (Å²) in [6, 6.07) is 0. The van der Waals surface area contributed by atoms with Crippen molar-refractivity contribution in [2.75, 3.05) is 0 Å². The topological polar surface area (TPSA) is 37.5 Å². The standard InChI is InChI=1S/C7H8N2OS/c1-5-2-9-3-6(4-10)11-7(9)8-5/h2-3,10H,4H2,1H3. The van der Waals surface area contributed by atoms with Gasteiger partial charge in [0, 0.05) is 12.4 Å². The Kier molecular flexibility index (Phi) is 1.44. The van der Waals surface area contributed by atoms with Crippen LogP contribution >= 0.6 is 11.3 Å². The average molecular weight is 168 g/mol. The molecular weight excluding hydrogens is 160 g/mol. The van der Waals surface area contributed by atoms with Crippen LogP contribution in [-0.2, 0) is 6.61 Å². The summed E-state index contributed by atoms with van der Waals surface area (Å²) in [5, 5.41) is 8.80. The van der Waals surface area contributed by atoms with Gasteiger partial charge in [-0.3, -0.25) is 4.40 Å². The van der Waals surface area contributed by atoms with E-state index in [1.807, 2.05) is 23.7 Å². The highest BCUT2D eigenvalue weighted by Gasteiger charge is 2.01. The van der Waals surface area contributed by atoms with E-state index in [0.29, 0.717) is 0 Å². The van der Waals surface area contributed by atoms with E-state index in [2.05, 4.69) is 4.98 Å². The number of aromatic nitrogens is 2. The first-order valence-corrected chi connectivity index (χ1v) is 4.16. The Bertz CT molecular complexity index is 345. The minimum atomic E-state index is 0.104. The first-order chi connectivity index (χ1) is 5.29. The molecule has 11 heavy (non-hydrogen) atoms. The maximum absolute atomic E-state index is 8.80. The minimum absolute atomic E-state index is 0.104. The smallest absolute Gasteiger partial charge is 0.194 e. The van der Waals surface area contributed by atoms with E-state index < -0.39 is 0 Å². The molecule has 0 spiro atoms. The summed E-state index contributed by atoms with van der Waals surface area (Å²) >= 11 is 1.52. The second-order valence-corrected chi connectivity index (χ2v) is 3.52. The monoisotopic (exact) mass is 168 g/mol. The van der Waals surface area contributed by atoms with Crippen LogP contribution in [0.1, 0.15) is 10.6 Å². The highest BCUT2D eigenvalue weighted by Crippen LogP contribution is 2.16. The summed E-state index contributed by atoms with van der Waals surface area (Å²) in [7, 11) is 0. The molecule has 0 saturated carbocycles. The van der Waals surface area contributed by atoms with Gasteiger partial charge in [0.25, 0.3) is 0 Å². The van der Waals surface area contributed by atoms with E-state index in [9.17, 15) is 0 Å². The number of aliphatic hydroxyl groups is 1. The molecular formula is C7H8N2OS. The van der Waals surface area contributed by atoms with E-state index in [1.165, 1.54) is 11.3 Å². The van der Waals surface area contributed by atoms with Gasteiger partial charge in [-0.25, -0.2) is 4.98 Å². The molecule has 0 saturated heterocycles. The van der Waals surface area contributed by atoms with E-state index in [-0.39, 0.29) is 6.61 Å². The number of rotatable bonds is 1. The maximum Gasteiger partial charge on any atom is 0.194 e. The molecule has 0 amide bonds. The van der Waals surface area contributed by atoms with Crippen LogP contribution in [0.15, 0.2) is 12.4 Å². The summed E-state index contributed by atoms with van der Waals surface area (Å²) in [5.74, 6) is 0. The van der Waals surface area contributed by atoms with Gasteiger partial charge < -0.3 is 5.11 Å². The third-order valence-electron chi connectivity index (χ3n) is 1.48. The molecule has 0 fully saturated rings. The van der Waals surface area contributed by atoms with Crippen LogP contribution in [-0.4, -0.2) is 14.5 Å². The third-order valence-corrected chi connectivity index (χ3v) is 2.46. The van der Waals surface area contributed by atoms with E-state index in [4.69, 9.17) is 5.11 Å². The van der Waals surface area contributed by atoms with Crippen molar-refractivity contribution in [3.8, 4) is 0 Å². The lowest BCUT2D eigenvalue weighted by atomic mass is 10.5. The molecule has 0 aromatic carbocycles. The molecule has 1 N–H and O–H groups in total. The number of thiazole rings is 1. The average Bonchev–Trinajstić information content (AvgIpc) is 2.43. The molecule has 0 unspecified atom stereocenters. The Morgan fingerprint density at radius 3 is 3.09 bits per heavy atom. The molecule has 0 atom stereocenters. The number of aryl methyl sites for hydroxylation is 1. The lowest BCUT2D eigenvalue weighted by molar-refractivity contribution is 0.285. The van der Waals surface area contributed by atoms with Gasteiger partial charge in [-0.2, -0.15) is 0 Å². The molecule has 0 bridgehead atoms. The number of imidazole rings is 1. The lowest BCUT2D eigenvalue weighted by Crippen LogP contribution is -1.75. The molecule has 3 nitrogen and oxygen atoms in total. The largest absolute Gasteiger partial charge is 0.391 e. The molecule has 0 aliphatic rings. The summed E-state index contributed by atoms with van der Waals surface area (Å²) in [4.78, 5) is 6.15. The number of hydrogen-bond donors (Lipinski definition) is 1. The quantitative estimate of drug-likeness (QED) is 0.694. The predicted molar refractivity (Wildman–Crippen MR) is 43.7 cm³/mol. The molecule has 2 heterocycles. The zero-order valence-electron chi connectivity index (χ0n) is 6.11. The summed E-state index contributed by atoms with van der Waals surface area (Å²) in [5.41, 5.74) is 1.01. The fourth-order valence-electron chi connectivity index (χ4n) is 1.03. The van der Waals surface area contributed by atoms with Gasteiger partial charge in [0.1, 0.15) is 0 Å². The van der Waals surface area contributed by atoms with Gasteiger partial charge in [-0.1, -0.05) is 11.3 Å². The third kappa shape index (κ3) is 1.04. The number of hydrogen-bond acceptors (Lipinski definition) is 3. The van der Waals surface area contributed by atoms with Crippen LogP contribution in [0.25, 0.3) is 4.96 Å². The lowest BCUT2D eigenvalue weighted by Gasteiger charge is -1.80. The van der Waals surface area contributed by atoms with Gasteiger partial charge in [-0.15, -0.1) is 0 Å². The van der Waals surface area contributed by atoms with Crippen molar-refractivity contribution in [3.63, 3.8) is 0 Å². The van der Waals surface area contributed by atoms with Crippen LogP contribution in [0.2, 0.25) is 0 Å². The van der Waals surface area contributed by atoms with Crippen molar-refractivity contribution in [1.82, 2.24) is 9.38 Å². The first kappa shape index (κ1) is 6.82. The van der Waals surface area contributed by atoms with Crippen LogP contribution in [0.5, 0.6) is 0 Å². The minimum Gasteiger partial charge on any atom is -0.391 e. The van der Waals surface area contributed by atoms with E-state index in [0.717, 1.165) is 15.5 Å². The molecule has 2 aromatic heterocycles. The Morgan fingerprint density at radius 1 is 1.64 bits per heavy atom. The van der Waals surface area contributed by atoms with Gasteiger partial charge in [-0.05, 0) is 6.92 Å². The van der Waals surface area contributed by atoms with Crippen LogP contribution in [0, 0.1) is 6.92 Å². The number of nitrogens with zero attached hydrogens (tertiary/aromatic N) is 2. The normalized spacial score (nSPS) is 11.1. The zero-order chi connectivity index (χ0) is 7.84. The molecule has 58 valence electrons. The zero-order valence-corrected chi connectivity index (χ0v) is 6.93. The fourth-order valence-corrected chi connectivity index (χ4v) is 1.90. The Hall–Kier alpha value is -0.870. The van der Waals surface area contributed by atoms with Crippen molar-refractivity contribution in [2.45, 2.75) is 13.5 Å². The number of fused-ring (bicyclic) bond motifs is 1. The number of aliphatic hydroxyl groups excluding tert-OH is 1. The Balaban J connectivity index is 2.64. The molecule has 0 aliphatic carbocycles. The second-order valence-electron chi connectivity index (χ2n) is 2.43. The predicted octanol–water partition coefficient (Wildman–Crippen LogP) is 1.20. The fraction of sp³-hybridized carbons (Fsp3) is 0.286. The molecule has 0 aliphatic heterocycles. The van der Waals surface area contributed by atoms with Crippen LogP contribution in [0.4, 0.5) is 0 Å². The summed E-state index contributed by atoms with van der Waals surface area (Å²) < 4.78 is 1.94. The van der Waals surface area contributed by atoms with E-state index in [1.54, 1.807) is 0 Å². The van der Waals surface area contributed by atoms with Crippen molar-refractivity contribution in [2.24, 2.45) is 0 Å². The van der Waals surface area contributed by atoms with Gasteiger partial charge >= 0.3 is 0 Å². The highest BCUT2D eigenvalue weighted by molar-refractivity contribution is 7.17. The molecule has 2 rings (SSSR count). The van der Waals surface area contributed by atoms with Gasteiger partial charge in [0.05, 0.1) is 17.2 Å². The van der Waals surface area contributed by atoms with Gasteiger partial charge in [0.2, 0.25) is 0 Å². The van der Waals surface area contributed by atoms with Crippen molar-refractivity contribution >= 4 is 16.3 Å². The SMILES string of the molecule is Cc1cn2cc(CO)sc2n1. The second kappa shape index (κ2) is 2.32. The molecule has 4 heteroatoms. The van der Waals surface area contributed by atoms with Crippen molar-refractivity contribution in [1.29, 1.82) is 0 Å². The first-order valence-electron chi connectivity index (χ1n) is 3.34. The summed E-state index contributed by atoms with van der Waals surface area (Å²) in [6.07, 6.45) is 3.85. The molecule has 2 aromatic rings. The molecule has 0 radical (unpaired) electrons. The van der Waals surface area contributed by atoms with Crippen molar-refractivity contribution in [3.05, 3.63) is 23.0 Å². The maximum atomic E-state index is 8.80. The highest BCUT2D eigenvalue weighted by atomic mass is 32.1.